The van der Waals surface area contributed by atoms with E-state index in [1.807, 2.05) is 19.2 Å². The summed E-state index contributed by atoms with van der Waals surface area (Å²) in [5.41, 5.74) is 3.09. The van der Waals surface area contributed by atoms with Gasteiger partial charge in [-0.05, 0) is 12.5 Å². The quantitative estimate of drug-likeness (QED) is 0.695. The smallest absolute Gasteiger partial charge is 0.146 e. The van der Waals surface area contributed by atoms with Crippen LogP contribution < -0.4 is 4.74 Å². The highest BCUT2D eigenvalue weighted by atomic mass is 16.5. The first-order chi connectivity index (χ1) is 5.83. The Hall–Kier alpha value is -1.51. The molecule has 3 nitrogen and oxygen atoms in total. The normalized spacial score (nSPS) is 10.5. The molecule has 0 atom stereocenters. The number of rotatable bonds is 1. The molecular weight excluding hydrogens is 152 g/mol. The summed E-state index contributed by atoms with van der Waals surface area (Å²) in [7, 11) is 1.66. The number of methoxy groups -OCH3 is 1. The zero-order valence-electron chi connectivity index (χ0n) is 7.09. The highest BCUT2D eigenvalue weighted by Crippen LogP contribution is 2.23. The molecule has 0 aliphatic rings. The van der Waals surface area contributed by atoms with Gasteiger partial charge in [0.2, 0.25) is 0 Å². The molecule has 2 aromatic heterocycles. The number of aromatic amines is 1. The minimum Gasteiger partial charge on any atom is -0.494 e. The number of aromatic nitrogens is 2. The van der Waals surface area contributed by atoms with Gasteiger partial charge in [-0.2, -0.15) is 0 Å². The maximum Gasteiger partial charge on any atom is 0.146 e. The SMILES string of the molecule is COc1ccnc2c(C)c[nH]c12. The first-order valence-electron chi connectivity index (χ1n) is 3.79. The fourth-order valence-electron chi connectivity index (χ4n) is 1.30. The van der Waals surface area contributed by atoms with Crippen molar-refractivity contribution in [1.82, 2.24) is 9.97 Å². The third-order valence-electron chi connectivity index (χ3n) is 1.94. The second kappa shape index (κ2) is 2.52. The number of hydrogen-bond acceptors (Lipinski definition) is 2. The molecule has 0 radical (unpaired) electrons. The Morgan fingerprint density at radius 3 is 3.08 bits per heavy atom. The Morgan fingerprint density at radius 1 is 1.50 bits per heavy atom. The third kappa shape index (κ3) is 0.863. The van der Waals surface area contributed by atoms with Crippen molar-refractivity contribution < 1.29 is 4.74 Å². The molecule has 0 aliphatic carbocycles. The van der Waals surface area contributed by atoms with Crippen LogP contribution in [0.5, 0.6) is 5.75 Å². The second-order valence-electron chi connectivity index (χ2n) is 2.71. The highest BCUT2D eigenvalue weighted by molar-refractivity contribution is 5.84. The summed E-state index contributed by atoms with van der Waals surface area (Å²) in [6, 6.07) is 1.85. The predicted molar refractivity (Wildman–Crippen MR) is 47.4 cm³/mol. The highest BCUT2D eigenvalue weighted by Gasteiger charge is 2.04. The molecule has 0 aromatic carbocycles. The topological polar surface area (TPSA) is 37.9 Å². The maximum atomic E-state index is 5.17. The fourth-order valence-corrected chi connectivity index (χ4v) is 1.30. The van der Waals surface area contributed by atoms with Crippen LogP contribution in [0, 0.1) is 6.92 Å². The molecular formula is C9H10N2O. The second-order valence-corrected chi connectivity index (χ2v) is 2.71. The van der Waals surface area contributed by atoms with Gasteiger partial charge in [0, 0.05) is 18.5 Å². The van der Waals surface area contributed by atoms with Crippen molar-refractivity contribution >= 4 is 11.0 Å². The molecule has 0 saturated heterocycles. The van der Waals surface area contributed by atoms with E-state index in [4.69, 9.17) is 4.74 Å². The minimum absolute atomic E-state index is 0.841. The average Bonchev–Trinajstić information content (AvgIpc) is 2.48. The average molecular weight is 162 g/mol. The van der Waals surface area contributed by atoms with Crippen LogP contribution in [0.3, 0.4) is 0 Å². The summed E-state index contributed by atoms with van der Waals surface area (Å²) in [6.07, 6.45) is 3.68. The molecule has 0 saturated carbocycles. The number of nitrogens with one attached hydrogen (secondary N) is 1. The number of aryl methyl sites for hydroxylation is 1. The van der Waals surface area contributed by atoms with Gasteiger partial charge in [-0.3, -0.25) is 4.98 Å². The lowest BCUT2D eigenvalue weighted by atomic mass is 10.3. The van der Waals surface area contributed by atoms with Crippen molar-refractivity contribution in [3.8, 4) is 5.75 Å². The van der Waals surface area contributed by atoms with E-state index in [9.17, 15) is 0 Å². The van der Waals surface area contributed by atoms with Gasteiger partial charge in [0.25, 0.3) is 0 Å². The number of ether oxygens (including phenoxy) is 1. The van der Waals surface area contributed by atoms with Crippen molar-refractivity contribution in [3.05, 3.63) is 24.0 Å². The Morgan fingerprint density at radius 2 is 2.33 bits per heavy atom. The van der Waals surface area contributed by atoms with Crippen LogP contribution in [0.25, 0.3) is 11.0 Å². The Bertz CT molecular complexity index is 406. The summed E-state index contributed by atoms with van der Waals surface area (Å²) in [5.74, 6) is 0.841. The molecule has 1 N–H and O–H groups in total. The third-order valence-corrected chi connectivity index (χ3v) is 1.94. The lowest BCUT2D eigenvalue weighted by molar-refractivity contribution is 0.418. The molecule has 3 heteroatoms. The first kappa shape index (κ1) is 7.16. The van der Waals surface area contributed by atoms with E-state index in [0.29, 0.717) is 0 Å². The van der Waals surface area contributed by atoms with Crippen molar-refractivity contribution in [2.45, 2.75) is 6.92 Å². The molecule has 2 aromatic rings. The molecule has 0 aliphatic heterocycles. The molecule has 12 heavy (non-hydrogen) atoms. The van der Waals surface area contributed by atoms with E-state index < -0.39 is 0 Å². The van der Waals surface area contributed by atoms with Crippen LogP contribution >= 0.6 is 0 Å². The number of hydrogen-bond donors (Lipinski definition) is 1. The minimum atomic E-state index is 0.841. The van der Waals surface area contributed by atoms with Crippen LogP contribution in [0.15, 0.2) is 18.5 Å². The Labute approximate surface area is 70.4 Å². The van der Waals surface area contributed by atoms with Gasteiger partial charge in [-0.25, -0.2) is 0 Å². The number of nitrogens with zero attached hydrogens (tertiary/aromatic N) is 1. The number of fused-ring (bicyclic) bond motifs is 1. The van der Waals surface area contributed by atoms with Gasteiger partial charge in [-0.1, -0.05) is 0 Å². The molecule has 0 spiro atoms. The Balaban J connectivity index is 2.81. The molecule has 62 valence electrons. The van der Waals surface area contributed by atoms with Gasteiger partial charge >= 0.3 is 0 Å². The van der Waals surface area contributed by atoms with E-state index >= 15 is 0 Å². The Kier molecular flexibility index (Phi) is 1.50. The van der Waals surface area contributed by atoms with Crippen LogP contribution in [0.2, 0.25) is 0 Å². The molecule has 2 heterocycles. The molecule has 2 rings (SSSR count). The van der Waals surface area contributed by atoms with Gasteiger partial charge in [-0.15, -0.1) is 0 Å². The van der Waals surface area contributed by atoms with E-state index in [0.717, 1.165) is 22.3 Å². The largest absolute Gasteiger partial charge is 0.494 e. The molecule has 0 bridgehead atoms. The van der Waals surface area contributed by atoms with Crippen LogP contribution in [-0.2, 0) is 0 Å². The van der Waals surface area contributed by atoms with Crippen molar-refractivity contribution in [2.75, 3.05) is 7.11 Å². The van der Waals surface area contributed by atoms with E-state index in [1.54, 1.807) is 13.3 Å². The maximum absolute atomic E-state index is 5.17. The van der Waals surface area contributed by atoms with Gasteiger partial charge in [0.15, 0.2) is 0 Å². The van der Waals surface area contributed by atoms with Gasteiger partial charge in [0.1, 0.15) is 11.3 Å². The first-order valence-corrected chi connectivity index (χ1v) is 3.79. The van der Waals surface area contributed by atoms with Crippen molar-refractivity contribution in [1.29, 1.82) is 0 Å². The van der Waals surface area contributed by atoms with Gasteiger partial charge in [0.05, 0.1) is 12.6 Å². The lowest BCUT2D eigenvalue weighted by Crippen LogP contribution is -1.85. The molecule has 0 unspecified atom stereocenters. The summed E-state index contributed by atoms with van der Waals surface area (Å²) in [6.45, 7) is 2.02. The van der Waals surface area contributed by atoms with Gasteiger partial charge < -0.3 is 9.72 Å². The van der Waals surface area contributed by atoms with Crippen molar-refractivity contribution in [2.24, 2.45) is 0 Å². The summed E-state index contributed by atoms with van der Waals surface area (Å²) in [4.78, 5) is 7.36. The summed E-state index contributed by atoms with van der Waals surface area (Å²) < 4.78 is 5.17. The lowest BCUT2D eigenvalue weighted by Gasteiger charge is -1.99. The summed E-state index contributed by atoms with van der Waals surface area (Å²) in [5, 5.41) is 0. The summed E-state index contributed by atoms with van der Waals surface area (Å²) >= 11 is 0. The fraction of sp³-hybridized carbons (Fsp3) is 0.222. The predicted octanol–water partition coefficient (Wildman–Crippen LogP) is 1.88. The molecule has 0 fully saturated rings. The number of pyridine rings is 1. The van der Waals surface area contributed by atoms with Crippen LogP contribution in [0.4, 0.5) is 0 Å². The zero-order valence-corrected chi connectivity index (χ0v) is 7.09. The van der Waals surface area contributed by atoms with E-state index in [-0.39, 0.29) is 0 Å². The van der Waals surface area contributed by atoms with E-state index in [1.165, 1.54) is 0 Å². The van der Waals surface area contributed by atoms with E-state index in [2.05, 4.69) is 9.97 Å². The van der Waals surface area contributed by atoms with Crippen LogP contribution in [0.1, 0.15) is 5.56 Å². The zero-order chi connectivity index (χ0) is 8.55. The molecule has 0 amide bonds. The number of H-pyrrole nitrogens is 1. The van der Waals surface area contributed by atoms with Crippen LogP contribution in [-0.4, -0.2) is 17.1 Å². The van der Waals surface area contributed by atoms with Crippen molar-refractivity contribution in [3.63, 3.8) is 0 Å². The standard InChI is InChI=1S/C9H10N2O/c1-6-5-11-9-7(12-2)3-4-10-8(6)9/h3-5,11H,1-2H3. The monoisotopic (exact) mass is 162 g/mol.